The van der Waals surface area contributed by atoms with Crippen molar-refractivity contribution < 1.29 is 17.7 Å². The standard InChI is InChI=1S/C24H19ClF3N2/c1-29(20-5-3-2-4-6-20)22-13-14-30(23-15-19(25)11-12-21(22)23)16-17-7-9-18(10-8-17)24(26,27)28/h2-15H,16H2,1H3/q+1. The van der Waals surface area contributed by atoms with E-state index < -0.39 is 11.7 Å². The van der Waals surface area contributed by atoms with Crippen LogP contribution in [0.4, 0.5) is 24.5 Å². The molecule has 152 valence electrons. The van der Waals surface area contributed by atoms with Gasteiger partial charge in [-0.3, -0.25) is 0 Å². The van der Waals surface area contributed by atoms with Gasteiger partial charge in [0.2, 0.25) is 5.52 Å². The minimum absolute atomic E-state index is 0.435. The van der Waals surface area contributed by atoms with E-state index >= 15 is 0 Å². The number of hydrogen-bond donors (Lipinski definition) is 0. The number of para-hydroxylation sites is 1. The zero-order valence-corrected chi connectivity index (χ0v) is 17.0. The van der Waals surface area contributed by atoms with Crippen LogP contribution in [0.5, 0.6) is 0 Å². The maximum absolute atomic E-state index is 12.8. The molecule has 0 fully saturated rings. The summed E-state index contributed by atoms with van der Waals surface area (Å²) in [5.41, 5.74) is 3.09. The number of anilines is 2. The van der Waals surface area contributed by atoms with Gasteiger partial charge in [-0.1, -0.05) is 41.9 Å². The molecule has 4 aromatic rings. The number of alkyl halides is 3. The summed E-state index contributed by atoms with van der Waals surface area (Å²) in [7, 11) is 2.00. The van der Waals surface area contributed by atoms with E-state index in [0.29, 0.717) is 11.6 Å². The quantitative estimate of drug-likeness (QED) is 0.332. The summed E-state index contributed by atoms with van der Waals surface area (Å²) in [4.78, 5) is 2.10. The Kier molecular flexibility index (Phi) is 5.39. The van der Waals surface area contributed by atoms with E-state index in [2.05, 4.69) is 4.90 Å². The zero-order chi connectivity index (χ0) is 21.3. The minimum Gasteiger partial charge on any atom is -0.344 e. The average Bonchev–Trinajstić information content (AvgIpc) is 2.74. The smallest absolute Gasteiger partial charge is 0.344 e. The molecule has 6 heteroatoms. The van der Waals surface area contributed by atoms with Crippen LogP contribution in [0.3, 0.4) is 0 Å². The number of rotatable bonds is 4. The first-order chi connectivity index (χ1) is 14.3. The predicted molar refractivity (Wildman–Crippen MR) is 114 cm³/mol. The van der Waals surface area contributed by atoms with Crippen LogP contribution in [-0.2, 0) is 12.7 Å². The van der Waals surface area contributed by atoms with E-state index in [1.54, 1.807) is 0 Å². The van der Waals surface area contributed by atoms with Gasteiger partial charge < -0.3 is 4.90 Å². The Labute approximate surface area is 177 Å². The average molecular weight is 428 g/mol. The molecule has 3 aromatic carbocycles. The maximum Gasteiger partial charge on any atom is 0.416 e. The molecule has 4 rings (SSSR count). The highest BCUT2D eigenvalue weighted by Gasteiger charge is 2.30. The number of pyridine rings is 1. The van der Waals surface area contributed by atoms with Crippen molar-refractivity contribution in [3.63, 3.8) is 0 Å². The molecule has 0 saturated carbocycles. The highest BCUT2D eigenvalue weighted by Crippen LogP contribution is 2.31. The van der Waals surface area contributed by atoms with Gasteiger partial charge in [0.1, 0.15) is 0 Å². The zero-order valence-electron chi connectivity index (χ0n) is 16.2. The third-order valence-electron chi connectivity index (χ3n) is 5.10. The van der Waals surface area contributed by atoms with Gasteiger partial charge in [0.25, 0.3) is 0 Å². The fourth-order valence-electron chi connectivity index (χ4n) is 3.51. The van der Waals surface area contributed by atoms with Crippen molar-refractivity contribution in [2.45, 2.75) is 12.7 Å². The molecule has 0 spiro atoms. The van der Waals surface area contributed by atoms with Crippen molar-refractivity contribution >= 4 is 33.9 Å². The lowest BCUT2D eigenvalue weighted by Crippen LogP contribution is -2.35. The number of halogens is 4. The molecule has 1 heterocycles. The van der Waals surface area contributed by atoms with Crippen LogP contribution >= 0.6 is 11.6 Å². The molecular weight excluding hydrogens is 409 g/mol. The highest BCUT2D eigenvalue weighted by molar-refractivity contribution is 6.31. The molecule has 0 radical (unpaired) electrons. The van der Waals surface area contributed by atoms with Crippen molar-refractivity contribution in [3.05, 3.63) is 101 Å². The molecule has 0 saturated heterocycles. The monoisotopic (exact) mass is 427 g/mol. The first kappa shape index (κ1) is 20.2. The second-order valence-electron chi connectivity index (χ2n) is 7.08. The third-order valence-corrected chi connectivity index (χ3v) is 5.33. The Balaban J connectivity index is 1.74. The van der Waals surface area contributed by atoms with Gasteiger partial charge in [-0.25, -0.2) is 0 Å². The minimum atomic E-state index is -4.34. The van der Waals surface area contributed by atoms with Gasteiger partial charge in [0, 0.05) is 35.5 Å². The Hall–Kier alpha value is -3.05. The summed E-state index contributed by atoms with van der Waals surface area (Å²) in [6.07, 6.45) is -2.40. The molecule has 0 N–H and O–H groups in total. The van der Waals surface area contributed by atoms with E-state index in [4.69, 9.17) is 11.6 Å². The number of benzene rings is 3. The van der Waals surface area contributed by atoms with E-state index in [0.717, 1.165) is 40.0 Å². The third kappa shape index (κ3) is 4.12. The van der Waals surface area contributed by atoms with Crippen molar-refractivity contribution in [3.8, 4) is 0 Å². The normalized spacial score (nSPS) is 11.6. The lowest BCUT2D eigenvalue weighted by molar-refractivity contribution is -0.662. The molecule has 0 bridgehead atoms. The van der Waals surface area contributed by atoms with Crippen LogP contribution in [0.25, 0.3) is 10.9 Å². The molecule has 0 unspecified atom stereocenters. The second kappa shape index (κ2) is 8.00. The topological polar surface area (TPSA) is 7.12 Å². The first-order valence-corrected chi connectivity index (χ1v) is 9.77. The number of hydrogen-bond acceptors (Lipinski definition) is 1. The summed E-state index contributed by atoms with van der Waals surface area (Å²) in [6.45, 7) is 0.435. The molecule has 1 aromatic heterocycles. The first-order valence-electron chi connectivity index (χ1n) is 9.39. The van der Waals surface area contributed by atoms with Crippen molar-refractivity contribution in [1.29, 1.82) is 0 Å². The molecule has 0 aliphatic rings. The van der Waals surface area contributed by atoms with Crippen molar-refractivity contribution in [2.24, 2.45) is 0 Å². The summed E-state index contributed by atoms with van der Waals surface area (Å²) in [6, 6.07) is 22.9. The molecule has 0 atom stereocenters. The highest BCUT2D eigenvalue weighted by atomic mass is 35.5. The van der Waals surface area contributed by atoms with Gasteiger partial charge in [0.05, 0.1) is 16.6 Å². The summed E-state index contributed by atoms with van der Waals surface area (Å²) >= 11 is 6.26. The molecule has 0 amide bonds. The van der Waals surface area contributed by atoms with Gasteiger partial charge in [0.15, 0.2) is 12.7 Å². The fraction of sp³-hybridized carbons (Fsp3) is 0.125. The van der Waals surface area contributed by atoms with Gasteiger partial charge >= 0.3 is 6.18 Å². The Bertz CT molecular complexity index is 1170. The van der Waals surface area contributed by atoms with Gasteiger partial charge in [-0.05, 0) is 36.4 Å². The summed E-state index contributed by atoms with van der Waals surface area (Å²) < 4.78 is 40.5. The summed E-state index contributed by atoms with van der Waals surface area (Å²) in [5, 5.41) is 1.60. The Morgan fingerprint density at radius 2 is 1.60 bits per heavy atom. The Morgan fingerprint density at radius 1 is 0.900 bits per heavy atom. The van der Waals surface area contributed by atoms with E-state index in [-0.39, 0.29) is 0 Å². The van der Waals surface area contributed by atoms with Crippen LogP contribution in [0.1, 0.15) is 11.1 Å². The molecule has 0 aliphatic heterocycles. The largest absolute Gasteiger partial charge is 0.416 e. The number of aromatic nitrogens is 1. The Morgan fingerprint density at radius 3 is 2.27 bits per heavy atom. The van der Waals surface area contributed by atoms with Crippen molar-refractivity contribution in [1.82, 2.24) is 0 Å². The van der Waals surface area contributed by atoms with E-state index in [1.807, 2.05) is 72.4 Å². The van der Waals surface area contributed by atoms with Crippen LogP contribution in [0, 0.1) is 0 Å². The SMILES string of the molecule is CN(c1ccccc1)c1cc[n+](Cc2ccc(C(F)(F)F)cc2)c2cc(Cl)ccc12. The van der Waals surface area contributed by atoms with Crippen LogP contribution < -0.4 is 9.47 Å². The second-order valence-corrected chi connectivity index (χ2v) is 7.52. The number of fused-ring (bicyclic) bond motifs is 1. The summed E-state index contributed by atoms with van der Waals surface area (Å²) in [5.74, 6) is 0. The van der Waals surface area contributed by atoms with Crippen LogP contribution in [0.2, 0.25) is 5.02 Å². The van der Waals surface area contributed by atoms with Crippen molar-refractivity contribution in [2.75, 3.05) is 11.9 Å². The van der Waals surface area contributed by atoms with Crippen LogP contribution in [-0.4, -0.2) is 7.05 Å². The van der Waals surface area contributed by atoms with Gasteiger partial charge in [-0.2, -0.15) is 17.7 Å². The molecule has 0 aliphatic carbocycles. The lowest BCUT2D eigenvalue weighted by Gasteiger charge is -2.20. The number of nitrogens with zero attached hydrogens (tertiary/aromatic N) is 2. The molecular formula is C24H19ClF3N2+. The van der Waals surface area contributed by atoms with Crippen LogP contribution in [0.15, 0.2) is 85.1 Å². The lowest BCUT2D eigenvalue weighted by atomic mass is 10.1. The maximum atomic E-state index is 12.8. The fourth-order valence-corrected chi connectivity index (χ4v) is 3.67. The molecule has 2 nitrogen and oxygen atoms in total. The van der Waals surface area contributed by atoms with E-state index in [9.17, 15) is 13.2 Å². The van der Waals surface area contributed by atoms with Gasteiger partial charge in [-0.15, -0.1) is 0 Å². The molecule has 30 heavy (non-hydrogen) atoms. The predicted octanol–water partition coefficient (Wildman–Crippen LogP) is 6.62. The van der Waals surface area contributed by atoms with E-state index in [1.165, 1.54) is 12.1 Å².